The van der Waals surface area contributed by atoms with E-state index >= 15 is 0 Å². The van der Waals surface area contributed by atoms with Crippen LogP contribution >= 0.6 is 0 Å². The van der Waals surface area contributed by atoms with Crippen molar-refractivity contribution in [2.24, 2.45) is 5.92 Å². The summed E-state index contributed by atoms with van der Waals surface area (Å²) in [6, 6.07) is 20.3. The molecule has 63 heavy (non-hydrogen) atoms. The minimum absolute atomic E-state index is 0.0165. The monoisotopic (exact) mass is 878 g/mol. The lowest BCUT2D eigenvalue weighted by Gasteiger charge is -2.16. The molecular formula is C48H62O15. The molecule has 0 unspecified atom stereocenters. The quantitative estimate of drug-likeness (QED) is 0.0243. The summed E-state index contributed by atoms with van der Waals surface area (Å²) < 4.78 is 15.1. The molecule has 0 aliphatic heterocycles. The molecule has 15 heteroatoms. The summed E-state index contributed by atoms with van der Waals surface area (Å²) in [6.07, 6.45) is 12.1. The maximum atomic E-state index is 12.5. The maximum absolute atomic E-state index is 12.5. The number of hydrogen-bond donors (Lipinski definition) is 0. The highest BCUT2D eigenvalue weighted by Gasteiger charge is 2.20. The molecule has 0 aromatic heterocycles. The molecule has 15 nitrogen and oxygen atoms in total. The van der Waals surface area contributed by atoms with Crippen LogP contribution in [-0.2, 0) is 62.8 Å². The number of unbranched alkanes of at least 4 members (excludes halogenated alkanes) is 9. The first-order valence-electron chi connectivity index (χ1n) is 22.0. The average Bonchev–Trinajstić information content (AvgIpc) is 3.30. The summed E-state index contributed by atoms with van der Waals surface area (Å²) in [5.74, 6) is -3.35. The van der Waals surface area contributed by atoms with E-state index in [1.165, 1.54) is 0 Å². The van der Waals surface area contributed by atoms with Crippen LogP contribution in [0.25, 0.3) is 0 Å². The smallest absolute Gasteiger partial charge is 0.432 e. The minimum atomic E-state index is -1.34. The fourth-order valence-corrected chi connectivity index (χ4v) is 6.24. The number of ether oxygens (including phenoxy) is 3. The predicted molar refractivity (Wildman–Crippen MR) is 229 cm³/mol. The van der Waals surface area contributed by atoms with Crippen LogP contribution in [-0.4, -0.2) is 56.2 Å². The summed E-state index contributed by atoms with van der Waals surface area (Å²) >= 11 is 0. The van der Waals surface area contributed by atoms with Crippen molar-refractivity contribution in [2.75, 3.05) is 19.8 Å². The van der Waals surface area contributed by atoms with E-state index < -0.39 is 42.3 Å². The van der Waals surface area contributed by atoms with E-state index in [0.29, 0.717) is 0 Å². The maximum Gasteiger partial charge on any atom is 0.549 e. The first-order valence-corrected chi connectivity index (χ1v) is 22.0. The predicted octanol–water partition coefficient (Wildman–Crippen LogP) is 11.5. The standard InChI is InChI=1S/C48H62O15/c1-4-7-10-13-16-36-19-25-40(26-20-36)43(49)58-61-46(52)55-33-31-39(35-57-48(54)63-60-45(51)42-29-23-38(24-30-42)18-15-12-9-6-3)32-34-56-47(53)62-59-44(50)41-27-21-37(22-28-41)17-14-11-8-5-2/h19-30,39H,4-18,31-35H2,1-3H3. The van der Waals surface area contributed by atoms with Gasteiger partial charge in [0.2, 0.25) is 0 Å². The van der Waals surface area contributed by atoms with Gasteiger partial charge in [-0.05, 0) is 110 Å². The summed E-state index contributed by atoms with van der Waals surface area (Å²) in [5.41, 5.74) is 3.72. The second kappa shape index (κ2) is 30.8. The van der Waals surface area contributed by atoms with Crippen LogP contribution in [0.2, 0.25) is 0 Å². The third-order valence-electron chi connectivity index (χ3n) is 10.0. The molecule has 0 saturated carbocycles. The van der Waals surface area contributed by atoms with Gasteiger partial charge in [-0.15, -0.1) is 0 Å². The van der Waals surface area contributed by atoms with E-state index in [0.717, 1.165) is 113 Å². The molecule has 0 bridgehead atoms. The second-order valence-electron chi connectivity index (χ2n) is 15.1. The Labute approximate surface area is 369 Å². The zero-order valence-electron chi connectivity index (χ0n) is 36.8. The lowest BCUT2D eigenvalue weighted by Crippen LogP contribution is -2.21. The van der Waals surface area contributed by atoms with Crippen molar-refractivity contribution in [3.05, 3.63) is 106 Å². The van der Waals surface area contributed by atoms with Crippen molar-refractivity contribution in [3.8, 4) is 0 Å². The summed E-state index contributed by atoms with van der Waals surface area (Å²) in [4.78, 5) is 102. The number of benzene rings is 3. The number of carbonyl (C=O) groups is 6. The van der Waals surface area contributed by atoms with E-state index in [9.17, 15) is 28.8 Å². The van der Waals surface area contributed by atoms with Crippen molar-refractivity contribution in [2.45, 2.75) is 130 Å². The average molecular weight is 879 g/mol. The van der Waals surface area contributed by atoms with Gasteiger partial charge in [0.15, 0.2) is 0 Å². The third-order valence-corrected chi connectivity index (χ3v) is 10.0. The molecule has 3 rings (SSSR count). The number of aryl methyl sites for hydroxylation is 3. The third kappa shape index (κ3) is 22.0. The highest BCUT2D eigenvalue weighted by Crippen LogP contribution is 2.16. The fourth-order valence-electron chi connectivity index (χ4n) is 6.24. The van der Waals surface area contributed by atoms with Gasteiger partial charge >= 0.3 is 36.4 Å². The largest absolute Gasteiger partial charge is 0.549 e. The molecule has 0 spiro atoms. The summed E-state index contributed by atoms with van der Waals surface area (Å²) in [5, 5.41) is 0. The molecule has 344 valence electrons. The molecule has 3 aromatic rings. The van der Waals surface area contributed by atoms with Crippen molar-refractivity contribution < 1.29 is 72.3 Å². The Morgan fingerprint density at radius 3 is 0.984 bits per heavy atom. The van der Waals surface area contributed by atoms with Crippen LogP contribution in [0, 0.1) is 5.92 Å². The van der Waals surface area contributed by atoms with Crippen LogP contribution in [0.3, 0.4) is 0 Å². The highest BCUT2D eigenvalue weighted by molar-refractivity contribution is 5.90. The number of carbonyl (C=O) groups excluding carboxylic acids is 6. The van der Waals surface area contributed by atoms with Crippen LogP contribution in [0.15, 0.2) is 72.8 Å². The molecule has 0 radical (unpaired) electrons. The van der Waals surface area contributed by atoms with Crippen LogP contribution < -0.4 is 0 Å². The van der Waals surface area contributed by atoms with Crippen molar-refractivity contribution in [1.29, 1.82) is 0 Å². The van der Waals surface area contributed by atoms with Crippen molar-refractivity contribution >= 4 is 36.4 Å². The Hall–Kier alpha value is -6.12. The Balaban J connectivity index is 1.45. The number of hydrogen-bond acceptors (Lipinski definition) is 15. The SMILES string of the molecule is CCCCCCc1ccc(C(=O)OOC(=O)OCCC(CCOC(=O)OOC(=O)c2ccc(CCCCCC)cc2)COC(=O)OOC(=O)c2ccc(CCCCCC)cc2)cc1. The van der Waals surface area contributed by atoms with E-state index in [4.69, 9.17) is 14.2 Å². The second-order valence-corrected chi connectivity index (χ2v) is 15.1. The van der Waals surface area contributed by atoms with E-state index in [2.05, 4.69) is 50.1 Å². The van der Waals surface area contributed by atoms with Crippen molar-refractivity contribution in [1.82, 2.24) is 0 Å². The van der Waals surface area contributed by atoms with E-state index in [1.54, 1.807) is 48.5 Å². The van der Waals surface area contributed by atoms with Gasteiger partial charge in [0.1, 0.15) is 0 Å². The molecular weight excluding hydrogens is 817 g/mol. The first kappa shape index (κ1) is 51.2. The Kier molecular flexibility index (Phi) is 25.1. The van der Waals surface area contributed by atoms with Gasteiger partial charge in [0.25, 0.3) is 0 Å². The van der Waals surface area contributed by atoms with Gasteiger partial charge in [-0.1, -0.05) is 115 Å². The van der Waals surface area contributed by atoms with Gasteiger partial charge in [0, 0.05) is 0 Å². The molecule has 3 aromatic carbocycles. The van der Waals surface area contributed by atoms with Crippen LogP contribution in [0.4, 0.5) is 14.4 Å². The van der Waals surface area contributed by atoms with Crippen LogP contribution in [0.1, 0.15) is 158 Å². The Bertz CT molecular complexity index is 1720. The Morgan fingerprint density at radius 2 is 0.683 bits per heavy atom. The molecule has 0 N–H and O–H groups in total. The van der Waals surface area contributed by atoms with Crippen LogP contribution in [0.5, 0.6) is 0 Å². The highest BCUT2D eigenvalue weighted by atomic mass is 17.2. The lowest BCUT2D eigenvalue weighted by atomic mass is 10.0. The molecule has 0 atom stereocenters. The zero-order valence-corrected chi connectivity index (χ0v) is 36.8. The summed E-state index contributed by atoms with van der Waals surface area (Å²) in [6.45, 7) is 5.44. The molecule has 0 heterocycles. The van der Waals surface area contributed by atoms with Gasteiger partial charge in [-0.2, -0.15) is 14.4 Å². The summed E-state index contributed by atoms with van der Waals surface area (Å²) in [7, 11) is 0. The molecule has 0 fully saturated rings. The normalized spacial score (nSPS) is 10.7. The molecule has 0 aliphatic carbocycles. The molecule has 0 saturated heterocycles. The number of rotatable bonds is 26. The van der Waals surface area contributed by atoms with Gasteiger partial charge < -0.3 is 14.2 Å². The van der Waals surface area contributed by atoms with Gasteiger partial charge in [-0.25, -0.2) is 43.7 Å². The first-order chi connectivity index (χ1) is 30.6. The zero-order chi connectivity index (χ0) is 45.5. The lowest BCUT2D eigenvalue weighted by molar-refractivity contribution is -0.206. The molecule has 0 aliphatic rings. The van der Waals surface area contributed by atoms with Gasteiger partial charge in [-0.3, -0.25) is 0 Å². The minimum Gasteiger partial charge on any atom is -0.432 e. The topological polar surface area (TPSA) is 185 Å². The molecule has 0 amide bonds. The van der Waals surface area contributed by atoms with E-state index in [-0.39, 0.29) is 49.4 Å². The Morgan fingerprint density at radius 1 is 0.381 bits per heavy atom. The van der Waals surface area contributed by atoms with Crippen molar-refractivity contribution in [3.63, 3.8) is 0 Å². The van der Waals surface area contributed by atoms with Gasteiger partial charge in [0.05, 0.1) is 36.5 Å². The fraction of sp³-hybridized carbons (Fsp3) is 0.500. The van der Waals surface area contributed by atoms with E-state index in [1.807, 2.05) is 24.3 Å².